The number of hydrogen-bond acceptors (Lipinski definition) is 2. The zero-order valence-corrected chi connectivity index (χ0v) is 14.1. The maximum atomic E-state index is 8.74. The van der Waals surface area contributed by atoms with Gasteiger partial charge in [0.25, 0.3) is 0 Å². The van der Waals surface area contributed by atoms with Gasteiger partial charge in [0.05, 0.1) is 0 Å². The van der Waals surface area contributed by atoms with E-state index in [4.69, 9.17) is 17.5 Å². The van der Waals surface area contributed by atoms with Crippen molar-refractivity contribution in [2.75, 3.05) is 0 Å². The molecule has 0 unspecified atom stereocenters. The van der Waals surface area contributed by atoms with Gasteiger partial charge >= 0.3 is 29.3 Å². The first-order chi connectivity index (χ1) is 9.41. The van der Waals surface area contributed by atoms with Crippen molar-refractivity contribution < 1.29 is 17.5 Å². The van der Waals surface area contributed by atoms with Gasteiger partial charge in [0.1, 0.15) is 0 Å². The summed E-state index contributed by atoms with van der Waals surface area (Å²) in [6.45, 7) is 4.58. The van der Waals surface area contributed by atoms with Crippen LogP contribution in [-0.4, -0.2) is 36.4 Å². The topological polar surface area (TPSA) is 74.6 Å². The first kappa shape index (κ1) is 26.4. The molecule has 0 heterocycles. The third kappa shape index (κ3) is 44.9. The molecule has 0 radical (unpaired) electrons. The van der Waals surface area contributed by atoms with Gasteiger partial charge in [0.2, 0.25) is 0 Å². The fourth-order valence-electron chi connectivity index (χ4n) is 2.09. The molecule has 21 heavy (non-hydrogen) atoms. The van der Waals surface area contributed by atoms with Crippen molar-refractivity contribution in [3.63, 3.8) is 0 Å². The van der Waals surface area contributed by atoms with E-state index in [1.165, 1.54) is 83.5 Å². The molecular formula is C15H35LiO4S. The van der Waals surface area contributed by atoms with Crippen LogP contribution < -0.4 is 0 Å². The molecule has 126 valence electrons. The van der Waals surface area contributed by atoms with E-state index in [1.807, 2.05) is 0 Å². The summed E-state index contributed by atoms with van der Waals surface area (Å²) in [5, 5.41) is 0. The van der Waals surface area contributed by atoms with Crippen molar-refractivity contribution in [2.24, 2.45) is 0 Å². The van der Waals surface area contributed by atoms with Gasteiger partial charge in [0.15, 0.2) is 0 Å². The molecule has 6 heteroatoms. The number of rotatable bonds is 12. The molecule has 0 amide bonds. The van der Waals surface area contributed by atoms with Crippen molar-refractivity contribution in [3.8, 4) is 0 Å². The first-order valence-electron chi connectivity index (χ1n) is 8.11. The molecule has 0 saturated carbocycles. The van der Waals surface area contributed by atoms with E-state index in [1.54, 1.807) is 0 Å². The summed E-state index contributed by atoms with van der Waals surface area (Å²) in [5.74, 6) is 0. The predicted molar refractivity (Wildman–Crippen MR) is 92.7 cm³/mol. The van der Waals surface area contributed by atoms with Crippen LogP contribution in [0.4, 0.5) is 0 Å². The van der Waals surface area contributed by atoms with Crippen molar-refractivity contribution in [1.29, 1.82) is 0 Å². The van der Waals surface area contributed by atoms with E-state index in [0.29, 0.717) is 0 Å². The first-order valence-corrected chi connectivity index (χ1v) is 9.51. The molecule has 2 N–H and O–H groups in total. The maximum absolute atomic E-state index is 8.74. The Bertz CT molecular complexity index is 249. The summed E-state index contributed by atoms with van der Waals surface area (Å²) in [5.41, 5.74) is 0. The Morgan fingerprint density at radius 3 is 0.857 bits per heavy atom. The third-order valence-corrected chi connectivity index (χ3v) is 3.21. The zero-order chi connectivity index (χ0) is 15.7. The van der Waals surface area contributed by atoms with Gasteiger partial charge in [0, 0.05) is 0 Å². The molecule has 0 rings (SSSR count). The summed E-state index contributed by atoms with van der Waals surface area (Å²) < 4.78 is 31.6. The molecule has 0 saturated heterocycles. The van der Waals surface area contributed by atoms with Crippen molar-refractivity contribution >= 4 is 29.3 Å². The Labute approximate surface area is 144 Å². The molecule has 0 aliphatic rings. The van der Waals surface area contributed by atoms with Crippen LogP contribution in [0.1, 0.15) is 97.3 Å². The molecule has 0 bridgehead atoms. The van der Waals surface area contributed by atoms with Crippen LogP contribution in [0.5, 0.6) is 0 Å². The van der Waals surface area contributed by atoms with Crippen LogP contribution in [-0.2, 0) is 10.4 Å². The molecule has 0 aliphatic heterocycles. The summed E-state index contributed by atoms with van der Waals surface area (Å²) in [6, 6.07) is 0. The van der Waals surface area contributed by atoms with E-state index in [-0.39, 0.29) is 18.9 Å². The molecule has 0 atom stereocenters. The Kier molecular flexibility index (Phi) is 25.7. The molecular weight excluding hydrogens is 283 g/mol. The van der Waals surface area contributed by atoms with Gasteiger partial charge in [-0.05, 0) is 0 Å². The zero-order valence-electron chi connectivity index (χ0n) is 13.3. The standard InChI is InChI=1S/C15H32.Li.H2O4S.H/c1-3-5-7-9-11-13-15-14-12-10-8-6-4-2;;1-5(2,3)4;/h3-15H2,1-2H3;;(H2,1,2,3,4);. The molecule has 4 nitrogen and oxygen atoms in total. The summed E-state index contributed by atoms with van der Waals surface area (Å²) >= 11 is 0. The fraction of sp³-hybridized carbons (Fsp3) is 1.00. The van der Waals surface area contributed by atoms with Crippen LogP contribution in [0.2, 0.25) is 0 Å². The molecule has 0 aromatic rings. The molecule has 0 aromatic heterocycles. The quantitative estimate of drug-likeness (QED) is 0.308. The molecule has 0 fully saturated rings. The van der Waals surface area contributed by atoms with Gasteiger partial charge in [-0.15, -0.1) is 0 Å². The monoisotopic (exact) mass is 318 g/mol. The number of unbranched alkanes of at least 4 members (excludes halogenated alkanes) is 12. The van der Waals surface area contributed by atoms with Crippen molar-refractivity contribution in [3.05, 3.63) is 0 Å². The van der Waals surface area contributed by atoms with Crippen LogP contribution >= 0.6 is 0 Å². The Morgan fingerprint density at radius 2 is 0.714 bits per heavy atom. The van der Waals surface area contributed by atoms with E-state index >= 15 is 0 Å². The van der Waals surface area contributed by atoms with Gasteiger partial charge in [-0.1, -0.05) is 97.3 Å². The molecule has 0 aromatic carbocycles. The van der Waals surface area contributed by atoms with Crippen molar-refractivity contribution in [2.45, 2.75) is 97.3 Å². The second-order valence-corrected chi connectivity index (χ2v) is 6.23. The minimum atomic E-state index is -4.67. The van der Waals surface area contributed by atoms with Crippen LogP contribution in [0, 0.1) is 0 Å². The van der Waals surface area contributed by atoms with Crippen LogP contribution in [0.15, 0.2) is 0 Å². The average Bonchev–Trinajstić information content (AvgIpc) is 2.34. The van der Waals surface area contributed by atoms with Gasteiger partial charge in [-0.3, -0.25) is 9.11 Å². The Balaban J connectivity index is -0.000000465. The van der Waals surface area contributed by atoms with E-state index in [0.717, 1.165) is 0 Å². The second-order valence-electron chi connectivity index (χ2n) is 5.34. The summed E-state index contributed by atoms with van der Waals surface area (Å²) in [7, 11) is -4.67. The predicted octanol–water partition coefficient (Wildman–Crippen LogP) is 4.80. The van der Waals surface area contributed by atoms with E-state index in [9.17, 15) is 0 Å². The minimum absolute atomic E-state index is 0. The number of hydrogen-bond donors (Lipinski definition) is 2. The Hall–Kier alpha value is 0.467. The summed E-state index contributed by atoms with van der Waals surface area (Å²) in [6.07, 6.45) is 18.9. The third-order valence-electron chi connectivity index (χ3n) is 3.21. The Morgan fingerprint density at radius 1 is 0.571 bits per heavy atom. The van der Waals surface area contributed by atoms with Gasteiger partial charge < -0.3 is 0 Å². The van der Waals surface area contributed by atoms with E-state index in [2.05, 4.69) is 13.8 Å². The normalized spacial score (nSPS) is 10.5. The fourth-order valence-corrected chi connectivity index (χ4v) is 2.09. The van der Waals surface area contributed by atoms with Gasteiger partial charge in [-0.25, -0.2) is 0 Å². The van der Waals surface area contributed by atoms with Crippen molar-refractivity contribution in [1.82, 2.24) is 0 Å². The van der Waals surface area contributed by atoms with Gasteiger partial charge in [-0.2, -0.15) is 8.42 Å². The SMILES string of the molecule is CCCCCCCCCCCCCCC.O=S(=O)(O)O.[LiH]. The van der Waals surface area contributed by atoms with Crippen LogP contribution in [0.3, 0.4) is 0 Å². The molecule has 0 spiro atoms. The average molecular weight is 318 g/mol. The summed E-state index contributed by atoms with van der Waals surface area (Å²) in [4.78, 5) is 0. The van der Waals surface area contributed by atoms with Crippen LogP contribution in [0.25, 0.3) is 0 Å². The molecule has 0 aliphatic carbocycles. The van der Waals surface area contributed by atoms with E-state index < -0.39 is 10.4 Å². The second kappa shape index (κ2) is 20.5.